The van der Waals surface area contributed by atoms with Crippen molar-refractivity contribution in [2.24, 2.45) is 4.99 Å². The van der Waals surface area contributed by atoms with Crippen molar-refractivity contribution in [2.75, 3.05) is 0 Å². The van der Waals surface area contributed by atoms with E-state index in [2.05, 4.69) is 36.0 Å². The van der Waals surface area contributed by atoms with E-state index in [0.29, 0.717) is 0 Å². The highest BCUT2D eigenvalue weighted by Crippen LogP contribution is 2.22. The second-order valence-electron chi connectivity index (χ2n) is 5.37. The number of benzene rings is 2. The van der Waals surface area contributed by atoms with E-state index in [1.807, 2.05) is 29.4 Å². The van der Waals surface area contributed by atoms with Gasteiger partial charge in [-0.05, 0) is 54.9 Å². The molecular formula is C20H17F2NS. The van der Waals surface area contributed by atoms with Crippen LogP contribution in [0.1, 0.15) is 42.9 Å². The van der Waals surface area contributed by atoms with E-state index in [4.69, 9.17) is 0 Å². The van der Waals surface area contributed by atoms with Crippen molar-refractivity contribution in [1.29, 1.82) is 0 Å². The van der Waals surface area contributed by atoms with Crippen LogP contribution in [0.4, 0.5) is 14.5 Å². The Bertz CT molecular complexity index is 810. The van der Waals surface area contributed by atoms with Gasteiger partial charge < -0.3 is 0 Å². The third-order valence-electron chi connectivity index (χ3n) is 3.59. The van der Waals surface area contributed by atoms with E-state index in [9.17, 15) is 8.78 Å². The average Bonchev–Trinajstić information content (AvgIpc) is 2.60. The van der Waals surface area contributed by atoms with E-state index in [0.717, 1.165) is 12.0 Å². The summed E-state index contributed by atoms with van der Waals surface area (Å²) in [6.07, 6.45) is 4.63. The largest absolute Gasteiger partial charge is 0.202 e. The second-order valence-corrected chi connectivity index (χ2v) is 5.55. The third-order valence-corrected chi connectivity index (χ3v) is 3.68. The third kappa shape index (κ3) is 4.83. The molecule has 0 N–H and O–H groups in total. The topological polar surface area (TPSA) is 12.4 Å². The smallest absolute Gasteiger partial charge is 0.186 e. The lowest BCUT2D eigenvalue weighted by atomic mass is 10.1. The van der Waals surface area contributed by atoms with E-state index in [1.165, 1.54) is 37.0 Å². The summed E-state index contributed by atoms with van der Waals surface area (Å²) in [6.45, 7) is 2.18. The number of thiocarbonyl (C=S) groups is 1. The van der Waals surface area contributed by atoms with Crippen LogP contribution in [0.25, 0.3) is 0 Å². The van der Waals surface area contributed by atoms with Crippen LogP contribution in [0.3, 0.4) is 0 Å². The quantitative estimate of drug-likeness (QED) is 0.288. The lowest BCUT2D eigenvalue weighted by molar-refractivity contribution is 0.508. The van der Waals surface area contributed by atoms with Crippen molar-refractivity contribution < 1.29 is 8.78 Å². The van der Waals surface area contributed by atoms with Gasteiger partial charge in [0, 0.05) is 5.56 Å². The van der Waals surface area contributed by atoms with E-state index in [1.54, 1.807) is 0 Å². The standard InChI is InChI=1S/C20H17F2NS/c1-2-3-4-5-15-6-8-16(9-7-15)10-11-17-12-13-18(23-14-24)20(22)19(17)21/h6-9,12-13H,2-5H2,1H3. The molecule has 0 radical (unpaired) electrons. The van der Waals surface area contributed by atoms with Crippen molar-refractivity contribution >= 4 is 23.1 Å². The predicted molar refractivity (Wildman–Crippen MR) is 96.7 cm³/mol. The molecule has 0 fully saturated rings. The average molecular weight is 341 g/mol. The molecule has 24 heavy (non-hydrogen) atoms. The van der Waals surface area contributed by atoms with Crippen LogP contribution < -0.4 is 0 Å². The zero-order chi connectivity index (χ0) is 17.4. The molecule has 0 spiro atoms. The van der Waals surface area contributed by atoms with Gasteiger partial charge in [0.2, 0.25) is 0 Å². The molecule has 2 aromatic rings. The molecule has 0 aliphatic heterocycles. The van der Waals surface area contributed by atoms with Gasteiger partial charge in [0.25, 0.3) is 0 Å². The molecule has 0 aromatic heterocycles. The summed E-state index contributed by atoms with van der Waals surface area (Å²) in [6, 6.07) is 10.6. The first-order valence-corrected chi connectivity index (χ1v) is 8.23. The van der Waals surface area contributed by atoms with Crippen molar-refractivity contribution in [3.8, 4) is 11.8 Å². The SMILES string of the molecule is CCCCCc1ccc(C#Cc2ccc(N=C=S)c(F)c2F)cc1. The first-order chi connectivity index (χ1) is 11.7. The molecule has 0 amide bonds. The first-order valence-electron chi connectivity index (χ1n) is 7.82. The highest BCUT2D eigenvalue weighted by molar-refractivity contribution is 7.78. The summed E-state index contributed by atoms with van der Waals surface area (Å²) < 4.78 is 27.7. The van der Waals surface area contributed by atoms with Gasteiger partial charge in [-0.25, -0.2) is 8.78 Å². The van der Waals surface area contributed by atoms with Gasteiger partial charge in [-0.3, -0.25) is 0 Å². The van der Waals surface area contributed by atoms with E-state index >= 15 is 0 Å². The van der Waals surface area contributed by atoms with Crippen LogP contribution in [-0.4, -0.2) is 5.16 Å². The number of unbranched alkanes of at least 4 members (excludes halogenated alkanes) is 2. The number of aryl methyl sites for hydroxylation is 1. The lowest BCUT2D eigenvalue weighted by Crippen LogP contribution is -1.90. The van der Waals surface area contributed by atoms with Gasteiger partial charge in [-0.1, -0.05) is 43.7 Å². The monoisotopic (exact) mass is 341 g/mol. The summed E-state index contributed by atoms with van der Waals surface area (Å²) >= 11 is 4.39. The Balaban J connectivity index is 2.15. The minimum Gasteiger partial charge on any atom is -0.202 e. The van der Waals surface area contributed by atoms with Crippen molar-refractivity contribution in [3.05, 3.63) is 64.7 Å². The van der Waals surface area contributed by atoms with Crippen LogP contribution >= 0.6 is 12.2 Å². The molecule has 0 atom stereocenters. The summed E-state index contributed by atoms with van der Waals surface area (Å²) in [5.41, 5.74) is 1.83. The Morgan fingerprint density at radius 3 is 2.38 bits per heavy atom. The Hall–Kier alpha value is -2.34. The van der Waals surface area contributed by atoms with Crippen molar-refractivity contribution in [3.63, 3.8) is 0 Å². The number of hydrogen-bond acceptors (Lipinski definition) is 2. The summed E-state index contributed by atoms with van der Waals surface area (Å²) in [7, 11) is 0. The Labute approximate surface area is 146 Å². The fourth-order valence-corrected chi connectivity index (χ4v) is 2.34. The predicted octanol–water partition coefficient (Wildman–Crippen LogP) is 5.83. The Morgan fingerprint density at radius 1 is 0.958 bits per heavy atom. The molecule has 0 unspecified atom stereocenters. The molecule has 0 aliphatic carbocycles. The highest BCUT2D eigenvalue weighted by atomic mass is 32.1. The highest BCUT2D eigenvalue weighted by Gasteiger charge is 2.11. The molecular weight excluding hydrogens is 324 g/mol. The molecule has 1 nitrogen and oxygen atoms in total. The lowest BCUT2D eigenvalue weighted by Gasteiger charge is -2.01. The van der Waals surface area contributed by atoms with Gasteiger partial charge in [0.1, 0.15) is 5.69 Å². The molecule has 4 heteroatoms. The molecule has 2 aromatic carbocycles. The van der Waals surface area contributed by atoms with Crippen LogP contribution in [0, 0.1) is 23.5 Å². The number of halogens is 2. The molecule has 122 valence electrons. The van der Waals surface area contributed by atoms with Gasteiger partial charge in [0.15, 0.2) is 11.6 Å². The summed E-state index contributed by atoms with van der Waals surface area (Å²) in [5, 5.41) is 2.02. The fraction of sp³-hybridized carbons (Fsp3) is 0.250. The minimum absolute atomic E-state index is 0.0113. The summed E-state index contributed by atoms with van der Waals surface area (Å²) in [5.74, 6) is 3.42. The minimum atomic E-state index is -1.06. The zero-order valence-electron chi connectivity index (χ0n) is 13.4. The van der Waals surface area contributed by atoms with E-state index in [-0.39, 0.29) is 11.3 Å². The molecule has 0 saturated carbocycles. The second kappa shape index (κ2) is 9.08. The van der Waals surface area contributed by atoms with E-state index < -0.39 is 11.6 Å². The maximum atomic E-state index is 13.9. The zero-order valence-corrected chi connectivity index (χ0v) is 14.2. The van der Waals surface area contributed by atoms with Crippen LogP contribution in [0.15, 0.2) is 41.4 Å². The fourth-order valence-electron chi connectivity index (χ4n) is 2.24. The Morgan fingerprint density at radius 2 is 1.71 bits per heavy atom. The van der Waals surface area contributed by atoms with Crippen LogP contribution in [-0.2, 0) is 6.42 Å². The number of isothiocyanates is 1. The number of hydrogen-bond donors (Lipinski definition) is 0. The maximum absolute atomic E-state index is 13.9. The molecule has 0 aliphatic rings. The Kier molecular flexibility index (Phi) is 6.81. The van der Waals surface area contributed by atoms with Gasteiger partial charge in [-0.2, -0.15) is 4.99 Å². The van der Waals surface area contributed by atoms with Gasteiger partial charge >= 0.3 is 0 Å². The summed E-state index contributed by atoms with van der Waals surface area (Å²) in [4.78, 5) is 3.47. The molecule has 2 rings (SSSR count). The first kappa shape index (κ1) is 18.0. The number of rotatable bonds is 5. The van der Waals surface area contributed by atoms with Gasteiger partial charge in [0.05, 0.1) is 10.7 Å². The van der Waals surface area contributed by atoms with Crippen molar-refractivity contribution in [1.82, 2.24) is 0 Å². The normalized spacial score (nSPS) is 9.79. The van der Waals surface area contributed by atoms with Crippen LogP contribution in [0.5, 0.6) is 0 Å². The molecule has 0 heterocycles. The molecule has 0 saturated heterocycles. The number of nitrogens with zero attached hydrogens (tertiary/aromatic N) is 1. The van der Waals surface area contributed by atoms with Crippen LogP contribution in [0.2, 0.25) is 0 Å². The van der Waals surface area contributed by atoms with Crippen molar-refractivity contribution in [2.45, 2.75) is 32.6 Å². The number of aliphatic imine (C=N–C) groups is 1. The molecule has 0 bridgehead atoms. The van der Waals surface area contributed by atoms with Gasteiger partial charge in [-0.15, -0.1) is 0 Å². The maximum Gasteiger partial charge on any atom is 0.186 e.